The predicted molar refractivity (Wildman–Crippen MR) is 79.7 cm³/mol. The van der Waals surface area contributed by atoms with Crippen LogP contribution in [0.5, 0.6) is 0 Å². The summed E-state index contributed by atoms with van der Waals surface area (Å²) < 4.78 is 13.2. The van der Waals surface area contributed by atoms with Crippen LogP contribution in [-0.4, -0.2) is 6.29 Å². The first kappa shape index (κ1) is 12.8. The SMILES string of the molecule is O=Cc1cc(F)ccc1-c1ccc(Cl)c2ccccc12. The zero-order valence-corrected chi connectivity index (χ0v) is 11.2. The van der Waals surface area contributed by atoms with Gasteiger partial charge >= 0.3 is 0 Å². The summed E-state index contributed by atoms with van der Waals surface area (Å²) in [5.74, 6) is -0.422. The number of hydrogen-bond donors (Lipinski definition) is 0. The lowest BCUT2D eigenvalue weighted by atomic mass is 9.95. The van der Waals surface area contributed by atoms with Gasteiger partial charge in [-0.15, -0.1) is 0 Å². The van der Waals surface area contributed by atoms with Gasteiger partial charge in [0, 0.05) is 16.0 Å². The maximum atomic E-state index is 13.2. The maximum Gasteiger partial charge on any atom is 0.150 e. The molecule has 3 heteroatoms. The van der Waals surface area contributed by atoms with E-state index in [9.17, 15) is 9.18 Å². The minimum absolute atomic E-state index is 0.331. The third-order valence-electron chi connectivity index (χ3n) is 3.30. The summed E-state index contributed by atoms with van der Waals surface area (Å²) in [5.41, 5.74) is 1.90. The van der Waals surface area contributed by atoms with Crippen LogP contribution in [0.25, 0.3) is 21.9 Å². The molecule has 0 aliphatic heterocycles. The second-order valence-electron chi connectivity index (χ2n) is 4.49. The molecule has 0 spiro atoms. The Labute approximate surface area is 120 Å². The minimum Gasteiger partial charge on any atom is -0.298 e. The Balaban J connectivity index is 2.36. The van der Waals surface area contributed by atoms with Gasteiger partial charge in [0.1, 0.15) is 5.82 Å². The lowest BCUT2D eigenvalue weighted by Crippen LogP contribution is -1.90. The van der Waals surface area contributed by atoms with Crippen molar-refractivity contribution in [2.75, 3.05) is 0 Å². The van der Waals surface area contributed by atoms with Crippen LogP contribution in [0, 0.1) is 5.82 Å². The second-order valence-corrected chi connectivity index (χ2v) is 4.90. The van der Waals surface area contributed by atoms with Crippen LogP contribution in [0.2, 0.25) is 5.02 Å². The Morgan fingerprint density at radius 1 is 0.900 bits per heavy atom. The van der Waals surface area contributed by atoms with Gasteiger partial charge in [0.15, 0.2) is 6.29 Å². The Bertz CT molecular complexity index is 811. The highest BCUT2D eigenvalue weighted by molar-refractivity contribution is 6.36. The summed E-state index contributed by atoms with van der Waals surface area (Å²) in [6.07, 6.45) is 0.668. The summed E-state index contributed by atoms with van der Waals surface area (Å²) in [4.78, 5) is 11.2. The number of carbonyl (C=O) groups excluding carboxylic acids is 1. The van der Waals surface area contributed by atoms with Gasteiger partial charge in [-0.05, 0) is 34.7 Å². The molecule has 3 rings (SSSR count). The van der Waals surface area contributed by atoms with E-state index in [4.69, 9.17) is 11.6 Å². The monoisotopic (exact) mass is 284 g/mol. The fourth-order valence-corrected chi connectivity index (χ4v) is 2.60. The van der Waals surface area contributed by atoms with E-state index in [1.165, 1.54) is 12.1 Å². The van der Waals surface area contributed by atoms with E-state index in [1.807, 2.05) is 30.3 Å². The van der Waals surface area contributed by atoms with Crippen molar-refractivity contribution in [1.82, 2.24) is 0 Å². The molecule has 0 heterocycles. The smallest absolute Gasteiger partial charge is 0.150 e. The highest BCUT2D eigenvalue weighted by Gasteiger charge is 2.10. The van der Waals surface area contributed by atoms with E-state index < -0.39 is 5.82 Å². The van der Waals surface area contributed by atoms with E-state index in [1.54, 1.807) is 12.1 Å². The van der Waals surface area contributed by atoms with Gasteiger partial charge in [-0.2, -0.15) is 0 Å². The molecule has 0 saturated carbocycles. The second kappa shape index (κ2) is 5.06. The highest BCUT2D eigenvalue weighted by Crippen LogP contribution is 2.34. The molecule has 3 aromatic carbocycles. The number of benzene rings is 3. The Kier molecular flexibility index (Phi) is 3.25. The van der Waals surface area contributed by atoms with Crippen LogP contribution in [0.4, 0.5) is 4.39 Å². The fourth-order valence-electron chi connectivity index (χ4n) is 2.37. The van der Waals surface area contributed by atoms with Crippen LogP contribution in [0.1, 0.15) is 10.4 Å². The molecule has 0 N–H and O–H groups in total. The van der Waals surface area contributed by atoms with Crippen LogP contribution in [-0.2, 0) is 0 Å². The van der Waals surface area contributed by atoms with Gasteiger partial charge in [-0.25, -0.2) is 4.39 Å². The molecule has 3 aromatic rings. The van der Waals surface area contributed by atoms with Crippen molar-refractivity contribution in [3.8, 4) is 11.1 Å². The van der Waals surface area contributed by atoms with Crippen molar-refractivity contribution in [1.29, 1.82) is 0 Å². The molecule has 0 radical (unpaired) electrons. The highest BCUT2D eigenvalue weighted by atomic mass is 35.5. The average Bonchev–Trinajstić information content (AvgIpc) is 2.48. The van der Waals surface area contributed by atoms with Gasteiger partial charge in [-0.1, -0.05) is 48.0 Å². The van der Waals surface area contributed by atoms with Gasteiger partial charge in [0.25, 0.3) is 0 Å². The number of halogens is 2. The maximum absolute atomic E-state index is 13.2. The molecule has 0 bridgehead atoms. The number of carbonyl (C=O) groups is 1. The molecule has 98 valence electrons. The summed E-state index contributed by atoms with van der Waals surface area (Å²) in [6.45, 7) is 0. The molecular weight excluding hydrogens is 275 g/mol. The van der Waals surface area contributed by atoms with Crippen LogP contribution < -0.4 is 0 Å². The van der Waals surface area contributed by atoms with Crippen molar-refractivity contribution in [2.45, 2.75) is 0 Å². The molecule has 0 amide bonds. The zero-order valence-electron chi connectivity index (χ0n) is 10.4. The number of rotatable bonds is 2. The van der Waals surface area contributed by atoms with Crippen LogP contribution in [0.3, 0.4) is 0 Å². The number of fused-ring (bicyclic) bond motifs is 1. The molecule has 20 heavy (non-hydrogen) atoms. The van der Waals surface area contributed by atoms with E-state index in [-0.39, 0.29) is 0 Å². The normalized spacial score (nSPS) is 10.7. The molecule has 0 saturated heterocycles. The lowest BCUT2D eigenvalue weighted by Gasteiger charge is -2.10. The molecule has 0 fully saturated rings. The quantitative estimate of drug-likeness (QED) is 0.598. The fraction of sp³-hybridized carbons (Fsp3) is 0. The van der Waals surface area contributed by atoms with E-state index in [0.29, 0.717) is 22.4 Å². The zero-order chi connectivity index (χ0) is 14.1. The first-order chi connectivity index (χ1) is 9.70. The third kappa shape index (κ3) is 2.08. The molecule has 0 aliphatic rings. The largest absolute Gasteiger partial charge is 0.298 e. The van der Waals surface area contributed by atoms with Crippen molar-refractivity contribution in [3.05, 3.63) is 71.0 Å². The molecule has 0 atom stereocenters. The number of hydrogen-bond acceptors (Lipinski definition) is 1. The summed E-state index contributed by atoms with van der Waals surface area (Å²) in [6, 6.07) is 15.5. The standard InChI is InChI=1S/C17H10ClFO/c18-17-8-7-15(14-3-1-2-4-16(14)17)13-6-5-12(19)9-11(13)10-20/h1-10H. The molecule has 0 unspecified atom stereocenters. The van der Waals surface area contributed by atoms with Crippen molar-refractivity contribution in [3.63, 3.8) is 0 Å². The minimum atomic E-state index is -0.422. The van der Waals surface area contributed by atoms with Gasteiger partial charge in [0.05, 0.1) is 0 Å². The van der Waals surface area contributed by atoms with Crippen molar-refractivity contribution >= 4 is 28.7 Å². The topological polar surface area (TPSA) is 17.1 Å². The van der Waals surface area contributed by atoms with Gasteiger partial charge in [0.2, 0.25) is 0 Å². The summed E-state index contributed by atoms with van der Waals surface area (Å²) in [5, 5.41) is 2.50. The van der Waals surface area contributed by atoms with E-state index >= 15 is 0 Å². The lowest BCUT2D eigenvalue weighted by molar-refractivity contribution is 0.112. The van der Waals surface area contributed by atoms with Gasteiger partial charge < -0.3 is 0 Å². The third-order valence-corrected chi connectivity index (χ3v) is 3.63. The Hall–Kier alpha value is -2.19. The van der Waals surface area contributed by atoms with E-state index in [2.05, 4.69) is 0 Å². The Morgan fingerprint density at radius 3 is 2.35 bits per heavy atom. The Morgan fingerprint density at radius 2 is 1.60 bits per heavy atom. The van der Waals surface area contributed by atoms with Gasteiger partial charge in [-0.3, -0.25) is 4.79 Å². The average molecular weight is 285 g/mol. The molecule has 0 aliphatic carbocycles. The van der Waals surface area contributed by atoms with Crippen LogP contribution in [0.15, 0.2) is 54.6 Å². The first-order valence-corrected chi connectivity index (χ1v) is 6.51. The molecular formula is C17H10ClFO. The summed E-state index contributed by atoms with van der Waals surface area (Å²) >= 11 is 6.19. The van der Waals surface area contributed by atoms with Crippen LogP contribution >= 0.6 is 11.6 Å². The van der Waals surface area contributed by atoms with Crippen molar-refractivity contribution in [2.24, 2.45) is 0 Å². The number of aldehydes is 1. The summed E-state index contributed by atoms with van der Waals surface area (Å²) in [7, 11) is 0. The first-order valence-electron chi connectivity index (χ1n) is 6.13. The van der Waals surface area contributed by atoms with E-state index in [0.717, 1.165) is 16.3 Å². The predicted octanol–water partition coefficient (Wildman–Crippen LogP) is 5.11. The van der Waals surface area contributed by atoms with Crippen molar-refractivity contribution < 1.29 is 9.18 Å². The molecule has 0 aromatic heterocycles. The molecule has 1 nitrogen and oxygen atoms in total.